The van der Waals surface area contributed by atoms with Crippen molar-refractivity contribution < 1.29 is 13.6 Å². The van der Waals surface area contributed by atoms with Gasteiger partial charge in [-0.2, -0.15) is 0 Å². The van der Waals surface area contributed by atoms with Crippen LogP contribution in [-0.2, 0) is 4.79 Å². The van der Waals surface area contributed by atoms with E-state index in [0.717, 1.165) is 5.52 Å². The average Bonchev–Trinajstić information content (AvgIpc) is 2.99. The summed E-state index contributed by atoms with van der Waals surface area (Å²) in [6.07, 6.45) is 0. The fourth-order valence-corrected chi connectivity index (χ4v) is 3.47. The van der Waals surface area contributed by atoms with Crippen LogP contribution in [0, 0.1) is 5.82 Å². The van der Waals surface area contributed by atoms with Gasteiger partial charge in [0.2, 0.25) is 5.91 Å². The molecule has 1 heterocycles. The third-order valence-corrected chi connectivity index (χ3v) is 4.93. The van der Waals surface area contributed by atoms with E-state index < -0.39 is 11.9 Å². The van der Waals surface area contributed by atoms with E-state index in [2.05, 4.69) is 10.3 Å². The lowest BCUT2D eigenvalue weighted by atomic mass is 10.1. The highest BCUT2D eigenvalue weighted by atomic mass is 35.5. The number of carbonyl (C=O) groups excluding carboxylic acids is 1. The highest BCUT2D eigenvalue weighted by Crippen LogP contribution is 2.29. The zero-order valence-corrected chi connectivity index (χ0v) is 15.4. The summed E-state index contributed by atoms with van der Waals surface area (Å²) in [5.74, 6) is -0.709. The number of hydrogen-bond donors (Lipinski definition) is 1. The number of fused-ring (bicyclic) bond motifs is 1. The molecule has 0 aliphatic rings. The molecule has 0 spiro atoms. The molecule has 3 aromatic rings. The predicted octanol–water partition coefficient (Wildman–Crippen LogP) is 5.24. The van der Waals surface area contributed by atoms with Gasteiger partial charge in [-0.3, -0.25) is 4.79 Å². The van der Waals surface area contributed by atoms with Crippen molar-refractivity contribution in [1.29, 1.82) is 0 Å². The molecule has 0 aliphatic carbocycles. The molecule has 0 saturated heterocycles. The standard InChI is InChI=1S/C17H13Cl2FN2O2S/c1-9(10-6-13(20)12(19)7-11(10)18)21-16(23)8-25-17-22-14-4-2-3-5-15(14)24-17/h2-7,9H,8H2,1H3,(H,21,23)/t9-/m1/s1. The van der Waals surface area contributed by atoms with Crippen molar-refractivity contribution in [2.45, 2.75) is 18.2 Å². The van der Waals surface area contributed by atoms with Crippen molar-refractivity contribution >= 4 is 52.0 Å². The highest BCUT2D eigenvalue weighted by molar-refractivity contribution is 7.99. The zero-order chi connectivity index (χ0) is 18.0. The molecule has 1 aromatic heterocycles. The number of thioether (sulfide) groups is 1. The summed E-state index contributed by atoms with van der Waals surface area (Å²) in [7, 11) is 0. The summed E-state index contributed by atoms with van der Waals surface area (Å²) >= 11 is 12.9. The first-order valence-corrected chi connectivity index (χ1v) is 9.10. The van der Waals surface area contributed by atoms with Crippen LogP contribution in [-0.4, -0.2) is 16.6 Å². The molecule has 0 saturated carbocycles. The molecular weight excluding hydrogens is 386 g/mol. The molecule has 1 amide bonds. The van der Waals surface area contributed by atoms with Gasteiger partial charge in [0.15, 0.2) is 5.58 Å². The minimum atomic E-state index is -0.581. The minimum Gasteiger partial charge on any atom is -0.431 e. The number of carbonyl (C=O) groups is 1. The highest BCUT2D eigenvalue weighted by Gasteiger charge is 2.16. The van der Waals surface area contributed by atoms with E-state index in [-0.39, 0.29) is 16.7 Å². The summed E-state index contributed by atoms with van der Waals surface area (Å²) in [5, 5.41) is 3.42. The summed E-state index contributed by atoms with van der Waals surface area (Å²) in [6, 6.07) is 9.45. The molecule has 0 aliphatic heterocycles. The quantitative estimate of drug-likeness (QED) is 0.471. The number of rotatable bonds is 5. The maximum Gasteiger partial charge on any atom is 0.257 e. The van der Waals surface area contributed by atoms with E-state index in [1.807, 2.05) is 24.3 Å². The number of nitrogens with zero attached hydrogens (tertiary/aromatic N) is 1. The summed E-state index contributed by atoms with van der Waals surface area (Å²) in [4.78, 5) is 16.4. The van der Waals surface area contributed by atoms with Gasteiger partial charge in [0.25, 0.3) is 5.22 Å². The zero-order valence-electron chi connectivity index (χ0n) is 13.1. The SMILES string of the molecule is C[C@@H](NC(=O)CSc1nc2ccccc2o1)c1cc(F)c(Cl)cc1Cl. The van der Waals surface area contributed by atoms with Crippen LogP contribution < -0.4 is 5.32 Å². The Morgan fingerprint density at radius 2 is 2.08 bits per heavy atom. The van der Waals surface area contributed by atoms with Crippen molar-refractivity contribution in [3.05, 3.63) is 57.8 Å². The second-order valence-electron chi connectivity index (χ2n) is 5.31. The Kier molecular flexibility index (Phi) is 5.51. The monoisotopic (exact) mass is 398 g/mol. The van der Waals surface area contributed by atoms with Gasteiger partial charge in [-0.05, 0) is 36.8 Å². The van der Waals surface area contributed by atoms with Crippen molar-refractivity contribution in [2.75, 3.05) is 5.75 Å². The number of nitrogens with one attached hydrogen (secondary N) is 1. The molecule has 25 heavy (non-hydrogen) atoms. The molecule has 1 N–H and O–H groups in total. The Balaban J connectivity index is 1.61. The van der Waals surface area contributed by atoms with Crippen molar-refractivity contribution in [2.24, 2.45) is 0 Å². The first kappa shape index (κ1) is 18.0. The van der Waals surface area contributed by atoms with Gasteiger partial charge in [-0.25, -0.2) is 9.37 Å². The molecular formula is C17H13Cl2FN2O2S. The Labute approximate surface area is 157 Å². The first-order valence-electron chi connectivity index (χ1n) is 7.36. The fraction of sp³-hybridized carbons (Fsp3) is 0.176. The van der Waals surface area contributed by atoms with Crippen molar-refractivity contribution in [3.8, 4) is 0 Å². The van der Waals surface area contributed by atoms with Gasteiger partial charge in [0.05, 0.1) is 16.8 Å². The number of para-hydroxylation sites is 2. The van der Waals surface area contributed by atoms with Crippen LogP contribution in [0.1, 0.15) is 18.5 Å². The molecule has 0 unspecified atom stereocenters. The topological polar surface area (TPSA) is 55.1 Å². The van der Waals surface area contributed by atoms with Crippen LogP contribution in [0.25, 0.3) is 11.1 Å². The van der Waals surface area contributed by atoms with Crippen LogP contribution >= 0.6 is 35.0 Å². The van der Waals surface area contributed by atoms with Gasteiger partial charge in [-0.15, -0.1) is 0 Å². The lowest BCUT2D eigenvalue weighted by Crippen LogP contribution is -2.28. The van der Waals surface area contributed by atoms with Crippen LogP contribution in [0.15, 0.2) is 46.0 Å². The smallest absolute Gasteiger partial charge is 0.257 e. The van der Waals surface area contributed by atoms with Crippen molar-refractivity contribution in [3.63, 3.8) is 0 Å². The van der Waals surface area contributed by atoms with E-state index in [9.17, 15) is 9.18 Å². The molecule has 0 bridgehead atoms. The van der Waals surface area contributed by atoms with E-state index in [0.29, 0.717) is 21.4 Å². The largest absolute Gasteiger partial charge is 0.431 e. The summed E-state index contributed by atoms with van der Waals surface area (Å²) in [6.45, 7) is 1.72. The lowest BCUT2D eigenvalue weighted by molar-refractivity contribution is -0.119. The van der Waals surface area contributed by atoms with Crippen LogP contribution in [0.4, 0.5) is 4.39 Å². The van der Waals surface area contributed by atoms with Crippen molar-refractivity contribution in [1.82, 2.24) is 10.3 Å². The average molecular weight is 399 g/mol. The third-order valence-electron chi connectivity index (χ3n) is 3.48. The van der Waals surface area contributed by atoms with Gasteiger partial charge >= 0.3 is 0 Å². The number of halogens is 3. The van der Waals surface area contributed by atoms with Crippen LogP contribution in [0.5, 0.6) is 0 Å². The van der Waals surface area contributed by atoms with E-state index in [1.54, 1.807) is 6.92 Å². The summed E-state index contributed by atoms with van der Waals surface area (Å²) in [5.41, 5.74) is 1.87. The van der Waals surface area contributed by atoms with Gasteiger partial charge in [0.1, 0.15) is 11.3 Å². The van der Waals surface area contributed by atoms with Gasteiger partial charge in [-0.1, -0.05) is 47.1 Å². The molecule has 8 heteroatoms. The van der Waals surface area contributed by atoms with E-state index in [4.69, 9.17) is 27.6 Å². The lowest BCUT2D eigenvalue weighted by Gasteiger charge is -2.16. The van der Waals surface area contributed by atoms with Gasteiger partial charge < -0.3 is 9.73 Å². The Morgan fingerprint density at radius 3 is 2.84 bits per heavy atom. The second-order valence-corrected chi connectivity index (χ2v) is 7.05. The molecule has 0 radical (unpaired) electrons. The number of oxazole rings is 1. The molecule has 0 fully saturated rings. The molecule has 2 aromatic carbocycles. The number of amides is 1. The Morgan fingerprint density at radius 1 is 1.32 bits per heavy atom. The molecule has 4 nitrogen and oxygen atoms in total. The third kappa shape index (κ3) is 4.26. The number of aromatic nitrogens is 1. The van der Waals surface area contributed by atoms with Gasteiger partial charge in [0, 0.05) is 5.02 Å². The van der Waals surface area contributed by atoms with E-state index >= 15 is 0 Å². The minimum absolute atomic E-state index is 0.0567. The predicted molar refractivity (Wildman–Crippen MR) is 97.7 cm³/mol. The summed E-state index contributed by atoms with van der Waals surface area (Å²) < 4.78 is 19.1. The first-order chi connectivity index (χ1) is 11.9. The Hall–Kier alpha value is -1.76. The number of hydrogen-bond acceptors (Lipinski definition) is 4. The molecule has 3 rings (SSSR count). The van der Waals surface area contributed by atoms with Crippen LogP contribution in [0.3, 0.4) is 0 Å². The fourth-order valence-electron chi connectivity index (χ4n) is 2.27. The second kappa shape index (κ2) is 7.64. The molecule has 130 valence electrons. The maximum atomic E-state index is 13.6. The molecule has 1 atom stereocenters. The Bertz CT molecular complexity index is 899. The van der Waals surface area contributed by atoms with Crippen LogP contribution in [0.2, 0.25) is 10.0 Å². The van der Waals surface area contributed by atoms with E-state index in [1.165, 1.54) is 23.9 Å². The maximum absolute atomic E-state index is 13.6. The number of benzene rings is 2. The normalized spacial score (nSPS) is 12.3.